The smallest absolute Gasteiger partial charge is 0.227 e. The molecule has 3 rings (SSSR count). The van der Waals surface area contributed by atoms with Gasteiger partial charge in [0.25, 0.3) is 0 Å². The van der Waals surface area contributed by atoms with Gasteiger partial charge in [0.1, 0.15) is 5.75 Å². The molecule has 0 aliphatic rings. The fourth-order valence-corrected chi connectivity index (χ4v) is 3.89. The molecule has 0 fully saturated rings. The number of aliphatic hydroxyl groups is 1. The Morgan fingerprint density at radius 2 is 1.62 bits per heavy atom. The van der Waals surface area contributed by atoms with E-state index in [4.69, 9.17) is 14.6 Å². The maximum Gasteiger partial charge on any atom is 0.227 e. The van der Waals surface area contributed by atoms with Gasteiger partial charge in [-0.1, -0.05) is 49.7 Å². The first kappa shape index (κ1) is 25.9. The van der Waals surface area contributed by atoms with Crippen molar-refractivity contribution < 1.29 is 14.6 Å². The van der Waals surface area contributed by atoms with E-state index in [1.54, 1.807) is 0 Å². The van der Waals surface area contributed by atoms with Gasteiger partial charge < -0.3 is 14.6 Å². The number of ether oxygens (including phenoxy) is 2. The normalized spacial score (nSPS) is 12.6. The Balaban J connectivity index is 1.94. The topological polar surface area (TPSA) is 59.8 Å². The lowest BCUT2D eigenvalue weighted by Gasteiger charge is -2.27. The molecule has 0 spiro atoms. The summed E-state index contributed by atoms with van der Waals surface area (Å²) < 4.78 is 14.0. The highest BCUT2D eigenvalue weighted by Crippen LogP contribution is 2.32. The van der Waals surface area contributed by atoms with Crippen molar-refractivity contribution in [2.45, 2.75) is 60.3 Å². The molecular weight excluding hydrogens is 426 g/mol. The lowest BCUT2D eigenvalue weighted by molar-refractivity contribution is -0.0109. The molecule has 1 aromatic heterocycles. The van der Waals surface area contributed by atoms with Gasteiger partial charge in [0.2, 0.25) is 5.88 Å². The van der Waals surface area contributed by atoms with E-state index in [-0.39, 0.29) is 6.10 Å². The number of aliphatic hydroxyl groups excluding tert-OH is 1. The summed E-state index contributed by atoms with van der Waals surface area (Å²) >= 11 is 0. The molecule has 0 unspecified atom stereocenters. The van der Waals surface area contributed by atoms with E-state index in [0.717, 1.165) is 29.2 Å². The van der Waals surface area contributed by atoms with Gasteiger partial charge in [0, 0.05) is 19.6 Å². The second kappa shape index (κ2) is 12.2. The molecule has 34 heavy (non-hydrogen) atoms. The quantitative estimate of drug-likeness (QED) is 0.381. The first-order valence-corrected chi connectivity index (χ1v) is 12.1. The van der Waals surface area contributed by atoms with Crippen LogP contribution in [0.2, 0.25) is 0 Å². The SMILES string of the molecule is Cc1ccc(Oc2c(CN(CC(C)C)C[C@@H](O)COC(C)C)c(C)nn2-c2ccccc2)cc1. The minimum Gasteiger partial charge on any atom is -0.439 e. The molecule has 1 atom stereocenters. The van der Waals surface area contributed by atoms with E-state index >= 15 is 0 Å². The van der Waals surface area contributed by atoms with Crippen molar-refractivity contribution in [3.63, 3.8) is 0 Å². The minimum absolute atomic E-state index is 0.0917. The third-order valence-electron chi connectivity index (χ3n) is 5.47. The third kappa shape index (κ3) is 7.42. The van der Waals surface area contributed by atoms with E-state index in [2.05, 4.69) is 25.7 Å². The summed E-state index contributed by atoms with van der Waals surface area (Å²) in [4.78, 5) is 2.26. The molecule has 1 heterocycles. The molecule has 6 nitrogen and oxygen atoms in total. The number of hydrogen-bond donors (Lipinski definition) is 1. The third-order valence-corrected chi connectivity index (χ3v) is 5.47. The van der Waals surface area contributed by atoms with Crippen LogP contribution in [0.3, 0.4) is 0 Å². The summed E-state index contributed by atoms with van der Waals surface area (Å²) in [6, 6.07) is 18.1. The first-order chi connectivity index (χ1) is 16.2. The standard InChI is InChI=1S/C28H39N3O3/c1-20(2)16-30(17-25(32)19-33-21(3)4)18-27-23(6)29-31(24-10-8-7-9-11-24)28(27)34-26-14-12-22(5)13-15-26/h7-15,20-21,25,32H,16-19H2,1-6H3/t25-/m1/s1. The van der Waals surface area contributed by atoms with Gasteiger partial charge in [0.15, 0.2) is 0 Å². The molecule has 0 amide bonds. The van der Waals surface area contributed by atoms with Gasteiger partial charge in [0.05, 0.1) is 35.8 Å². The van der Waals surface area contributed by atoms with Gasteiger partial charge in [-0.05, 0) is 57.9 Å². The van der Waals surface area contributed by atoms with Gasteiger partial charge in [-0.25, -0.2) is 4.68 Å². The number of para-hydroxylation sites is 1. The molecule has 0 bridgehead atoms. The molecule has 6 heteroatoms. The summed E-state index contributed by atoms with van der Waals surface area (Å²) in [6.07, 6.45) is -0.471. The van der Waals surface area contributed by atoms with Crippen molar-refractivity contribution in [3.05, 3.63) is 71.4 Å². The number of benzene rings is 2. The number of nitrogens with zero attached hydrogens (tertiary/aromatic N) is 3. The van der Waals surface area contributed by atoms with E-state index < -0.39 is 6.10 Å². The van der Waals surface area contributed by atoms with Gasteiger partial charge in [-0.15, -0.1) is 0 Å². The van der Waals surface area contributed by atoms with E-state index in [0.29, 0.717) is 31.5 Å². The highest BCUT2D eigenvalue weighted by Gasteiger charge is 2.23. The molecule has 0 saturated carbocycles. The average Bonchev–Trinajstić information content (AvgIpc) is 3.09. The zero-order valence-electron chi connectivity index (χ0n) is 21.4. The molecule has 184 valence electrons. The van der Waals surface area contributed by atoms with Crippen LogP contribution < -0.4 is 4.74 Å². The average molecular weight is 466 g/mol. The van der Waals surface area contributed by atoms with Crippen LogP contribution in [0.4, 0.5) is 0 Å². The Morgan fingerprint density at radius 3 is 2.24 bits per heavy atom. The Morgan fingerprint density at radius 1 is 0.941 bits per heavy atom. The van der Waals surface area contributed by atoms with E-state index in [1.807, 2.05) is 80.1 Å². The fraction of sp³-hybridized carbons (Fsp3) is 0.464. The lowest BCUT2D eigenvalue weighted by atomic mass is 10.1. The second-order valence-corrected chi connectivity index (χ2v) is 9.66. The van der Waals surface area contributed by atoms with Gasteiger partial charge in [-0.2, -0.15) is 5.10 Å². The van der Waals surface area contributed by atoms with E-state index in [9.17, 15) is 5.11 Å². The predicted molar refractivity (Wildman–Crippen MR) is 137 cm³/mol. The summed E-state index contributed by atoms with van der Waals surface area (Å²) in [5.74, 6) is 1.92. The summed E-state index contributed by atoms with van der Waals surface area (Å²) in [6.45, 7) is 14.7. The van der Waals surface area contributed by atoms with Crippen LogP contribution in [-0.4, -0.2) is 51.7 Å². The van der Waals surface area contributed by atoms with Gasteiger partial charge in [-0.3, -0.25) is 4.90 Å². The predicted octanol–water partition coefficient (Wildman–Crippen LogP) is 5.53. The summed E-state index contributed by atoms with van der Waals surface area (Å²) in [5, 5.41) is 15.5. The Bertz CT molecular complexity index is 1010. The molecule has 1 N–H and O–H groups in total. The van der Waals surface area contributed by atoms with Gasteiger partial charge >= 0.3 is 0 Å². The Kier molecular flexibility index (Phi) is 9.28. The van der Waals surface area contributed by atoms with Crippen molar-refractivity contribution in [1.82, 2.24) is 14.7 Å². The molecular formula is C28H39N3O3. The molecule has 0 aliphatic heterocycles. The minimum atomic E-state index is -0.563. The van der Waals surface area contributed by atoms with E-state index in [1.165, 1.54) is 5.56 Å². The highest BCUT2D eigenvalue weighted by atomic mass is 16.5. The number of rotatable bonds is 12. The van der Waals surface area contributed by atoms with Crippen molar-refractivity contribution in [2.24, 2.45) is 5.92 Å². The molecule has 3 aromatic rings. The van der Waals surface area contributed by atoms with Crippen LogP contribution in [0, 0.1) is 19.8 Å². The lowest BCUT2D eigenvalue weighted by Crippen LogP contribution is -2.37. The van der Waals surface area contributed by atoms with Crippen LogP contribution in [0.25, 0.3) is 5.69 Å². The summed E-state index contributed by atoms with van der Waals surface area (Å²) in [5.41, 5.74) is 4.05. The maximum atomic E-state index is 10.6. The van der Waals surface area contributed by atoms with Crippen LogP contribution in [0.5, 0.6) is 11.6 Å². The Hall–Kier alpha value is -2.67. The van der Waals surface area contributed by atoms with Crippen LogP contribution in [0.1, 0.15) is 44.5 Å². The van der Waals surface area contributed by atoms with Crippen molar-refractivity contribution in [1.29, 1.82) is 0 Å². The second-order valence-electron chi connectivity index (χ2n) is 9.66. The van der Waals surface area contributed by atoms with Crippen LogP contribution in [-0.2, 0) is 11.3 Å². The summed E-state index contributed by atoms with van der Waals surface area (Å²) in [7, 11) is 0. The number of aryl methyl sites for hydroxylation is 2. The zero-order valence-corrected chi connectivity index (χ0v) is 21.4. The molecule has 0 aliphatic carbocycles. The van der Waals surface area contributed by atoms with Crippen LogP contribution >= 0.6 is 0 Å². The Labute approximate surface area is 204 Å². The fourth-order valence-electron chi connectivity index (χ4n) is 3.89. The zero-order chi connectivity index (χ0) is 24.7. The monoisotopic (exact) mass is 465 g/mol. The largest absolute Gasteiger partial charge is 0.439 e. The maximum absolute atomic E-state index is 10.6. The molecule has 2 aromatic carbocycles. The molecule has 0 radical (unpaired) electrons. The van der Waals surface area contributed by atoms with Crippen molar-refractivity contribution in [2.75, 3.05) is 19.7 Å². The molecule has 0 saturated heterocycles. The van der Waals surface area contributed by atoms with Crippen molar-refractivity contribution >= 4 is 0 Å². The highest BCUT2D eigenvalue weighted by molar-refractivity contribution is 5.43. The number of hydrogen-bond acceptors (Lipinski definition) is 5. The van der Waals surface area contributed by atoms with Crippen LogP contribution in [0.15, 0.2) is 54.6 Å². The van der Waals surface area contributed by atoms with Crippen molar-refractivity contribution in [3.8, 4) is 17.3 Å². The number of aromatic nitrogens is 2. The first-order valence-electron chi connectivity index (χ1n) is 12.1.